The van der Waals surface area contributed by atoms with Crippen LogP contribution in [-0.2, 0) is 0 Å². The van der Waals surface area contributed by atoms with Gasteiger partial charge in [0.1, 0.15) is 0 Å². The van der Waals surface area contributed by atoms with Crippen LogP contribution in [0.15, 0.2) is 0 Å². The zero-order chi connectivity index (χ0) is 36.0. The molecule has 0 aromatic carbocycles. The summed E-state index contributed by atoms with van der Waals surface area (Å²) in [4.78, 5) is 0. The van der Waals surface area contributed by atoms with Gasteiger partial charge >= 0.3 is 72.9 Å². The average molecular weight is 732 g/mol. The molecule has 0 amide bonds. The normalized spacial score (nSPS) is 15.5. The largest absolute Gasteiger partial charge is 3.00 e. The van der Waals surface area contributed by atoms with E-state index < -0.39 is 72.4 Å². The molecule has 0 spiro atoms. The Hall–Kier alpha value is -1.48. The summed E-state index contributed by atoms with van der Waals surface area (Å²) in [6.07, 6.45) is -62.8. The summed E-state index contributed by atoms with van der Waals surface area (Å²) in [7, 11) is 0. The van der Waals surface area contributed by atoms with E-state index in [0.717, 1.165) is 0 Å². The van der Waals surface area contributed by atoms with Crippen LogP contribution in [0, 0.1) is 0 Å². The van der Waals surface area contributed by atoms with Crippen molar-refractivity contribution >= 4 is 17.4 Å². The predicted molar refractivity (Wildman–Crippen MR) is 68.4 cm³/mol. The summed E-state index contributed by atoms with van der Waals surface area (Å²) < 4.78 is 306. The number of hydrogen-bond donors (Lipinski definition) is 0. The summed E-state index contributed by atoms with van der Waals surface area (Å²) in [6.45, 7) is 0. The third kappa shape index (κ3) is 9.51. The molecule has 0 radical (unpaired) electrons. The van der Waals surface area contributed by atoms with Gasteiger partial charge in [-0.2, -0.15) is 119 Å². The second-order valence-electron chi connectivity index (χ2n) is 6.52. The van der Waals surface area contributed by atoms with Crippen LogP contribution < -0.4 is 15.3 Å². The van der Waals surface area contributed by atoms with E-state index in [0.29, 0.717) is 0 Å². The summed E-state index contributed by atoms with van der Waals surface area (Å²) in [5, 5.41) is 29.4. The van der Waals surface area contributed by atoms with Gasteiger partial charge in [-0.3, -0.25) is 0 Å². The van der Waals surface area contributed by atoms with Crippen LogP contribution in [0.25, 0.3) is 0 Å². The van der Waals surface area contributed by atoms with E-state index in [2.05, 4.69) is 0 Å². The van der Waals surface area contributed by atoms with Crippen LogP contribution in [0.1, 0.15) is 0 Å². The molecule has 0 aromatic heterocycles. The zero-order valence-corrected chi connectivity index (χ0v) is 19.2. The first kappa shape index (κ1) is 48.4. The third-order valence-electron chi connectivity index (χ3n) is 3.59. The van der Waals surface area contributed by atoms with Crippen molar-refractivity contribution in [2.45, 2.75) is 72.4 Å². The molecule has 3 nitrogen and oxygen atoms in total. The topological polar surface area (TPSA) is 69.2 Å². The SMILES string of the molecule is [Al+3].[O-]C(C(F)(F)F)(C(F)(F)F)C(F)(F)F.[O-]C(C(F)(F)F)(C(F)(F)F)C(F)(F)F.[O-]C(C(F)(F)F)(C(F)(F)F)C(F)(F)F. The molecule has 0 N–H and O–H groups in total. The molecule has 0 saturated heterocycles. The molecular weight excluding hydrogens is 732 g/mol. The first-order chi connectivity index (χ1) is 17.2. The van der Waals surface area contributed by atoms with E-state index in [4.69, 9.17) is 0 Å². The van der Waals surface area contributed by atoms with Crippen molar-refractivity contribution in [3.8, 4) is 0 Å². The Morgan fingerprint density at radius 2 is 0.233 bits per heavy atom. The van der Waals surface area contributed by atoms with E-state index >= 15 is 0 Å². The number of halogens is 27. The Kier molecular flexibility index (Phi) is 14.3. The predicted octanol–water partition coefficient (Wildman–Crippen LogP) is 4.94. The Morgan fingerprint density at radius 3 is 0.233 bits per heavy atom. The first-order valence-electron chi connectivity index (χ1n) is 7.96. The van der Waals surface area contributed by atoms with Crippen LogP contribution in [0.5, 0.6) is 0 Å². The molecule has 0 saturated carbocycles. The van der Waals surface area contributed by atoms with E-state index in [9.17, 15) is 134 Å². The van der Waals surface area contributed by atoms with Crippen LogP contribution in [0.4, 0.5) is 119 Å². The quantitative estimate of drug-likeness (QED) is 0.262. The fraction of sp³-hybridized carbons (Fsp3) is 1.00. The minimum Gasteiger partial charge on any atom is -0.830 e. The van der Waals surface area contributed by atoms with E-state index in [1.165, 1.54) is 0 Å². The fourth-order valence-corrected chi connectivity index (χ4v) is 1.45. The third-order valence-corrected chi connectivity index (χ3v) is 3.59. The van der Waals surface area contributed by atoms with Crippen LogP contribution >= 0.6 is 0 Å². The van der Waals surface area contributed by atoms with Gasteiger partial charge in [-0.05, 0) is 0 Å². The number of rotatable bonds is 0. The smallest absolute Gasteiger partial charge is 0.830 e. The molecule has 43 heavy (non-hydrogen) atoms. The van der Waals surface area contributed by atoms with Gasteiger partial charge in [-0.15, -0.1) is 0 Å². The van der Waals surface area contributed by atoms with Gasteiger partial charge in [0.2, 0.25) is 0 Å². The average Bonchev–Trinajstić information content (AvgIpc) is 2.58. The van der Waals surface area contributed by atoms with Crippen molar-refractivity contribution in [1.82, 2.24) is 0 Å². The van der Waals surface area contributed by atoms with E-state index in [1.54, 1.807) is 0 Å². The molecule has 0 aromatic rings. The van der Waals surface area contributed by atoms with Gasteiger partial charge in [0.15, 0.2) is 16.8 Å². The Bertz CT molecular complexity index is 632. The maximum Gasteiger partial charge on any atom is 3.00 e. The molecule has 0 bridgehead atoms. The Balaban J connectivity index is -0.000000262. The van der Waals surface area contributed by atoms with E-state index in [1.807, 2.05) is 0 Å². The van der Waals surface area contributed by atoms with Gasteiger partial charge in [-0.1, -0.05) is 0 Å². The fourth-order valence-electron chi connectivity index (χ4n) is 1.45. The minimum atomic E-state index is -6.98. The maximum atomic E-state index is 11.3. The van der Waals surface area contributed by atoms with Crippen LogP contribution in [-0.4, -0.2) is 89.8 Å². The molecule has 0 heterocycles. The monoisotopic (exact) mass is 732 g/mol. The molecule has 0 aliphatic heterocycles. The molecule has 0 aliphatic carbocycles. The first-order valence-corrected chi connectivity index (χ1v) is 7.96. The molecule has 0 aliphatic rings. The Morgan fingerprint density at radius 1 is 0.186 bits per heavy atom. The molecule has 0 unspecified atom stereocenters. The van der Waals surface area contributed by atoms with Crippen molar-refractivity contribution in [1.29, 1.82) is 0 Å². The van der Waals surface area contributed by atoms with Crippen molar-refractivity contribution in [3.05, 3.63) is 0 Å². The zero-order valence-electron chi connectivity index (χ0n) is 18.0. The van der Waals surface area contributed by atoms with Crippen molar-refractivity contribution < 1.29 is 134 Å². The molecule has 0 atom stereocenters. The second kappa shape index (κ2) is 12.7. The van der Waals surface area contributed by atoms with Gasteiger partial charge < -0.3 is 15.3 Å². The maximum absolute atomic E-state index is 11.3. The van der Waals surface area contributed by atoms with Gasteiger partial charge in [0.25, 0.3) is 0 Å². The summed E-state index contributed by atoms with van der Waals surface area (Å²) in [5.74, 6) is 0. The summed E-state index contributed by atoms with van der Waals surface area (Å²) >= 11 is 0. The standard InChI is InChI=1S/3C4F9O.Al/c3*5-2(6,7)1(14,3(8,9)10)4(11,12)13;/q3*-1;+3. The van der Waals surface area contributed by atoms with E-state index in [-0.39, 0.29) is 17.4 Å². The van der Waals surface area contributed by atoms with Crippen LogP contribution in [0.2, 0.25) is 0 Å². The van der Waals surface area contributed by atoms with Gasteiger partial charge in [-0.25, -0.2) is 0 Å². The molecule has 0 fully saturated rings. The number of alkyl halides is 27. The minimum absolute atomic E-state index is 0. The molecule has 0 rings (SSSR count). The summed E-state index contributed by atoms with van der Waals surface area (Å²) in [6, 6.07) is 0. The molecule has 31 heteroatoms. The summed E-state index contributed by atoms with van der Waals surface area (Å²) in [5.41, 5.74) is -20.8. The van der Waals surface area contributed by atoms with Crippen molar-refractivity contribution in [2.24, 2.45) is 0 Å². The Labute approximate surface area is 224 Å². The molecular formula is C12AlF27O3. The van der Waals surface area contributed by atoms with Gasteiger partial charge in [0.05, 0.1) is 0 Å². The number of hydrogen-bond acceptors (Lipinski definition) is 3. The van der Waals surface area contributed by atoms with Crippen LogP contribution in [0.3, 0.4) is 0 Å². The van der Waals surface area contributed by atoms with Crippen molar-refractivity contribution in [2.75, 3.05) is 0 Å². The second-order valence-corrected chi connectivity index (χ2v) is 6.52. The van der Waals surface area contributed by atoms with Crippen molar-refractivity contribution in [3.63, 3.8) is 0 Å². The van der Waals surface area contributed by atoms with Gasteiger partial charge in [0, 0.05) is 0 Å². The molecule has 258 valence electrons.